The van der Waals surface area contributed by atoms with Gasteiger partial charge in [-0.2, -0.15) is 0 Å². The Morgan fingerprint density at radius 3 is 1.82 bits per heavy atom. The van der Waals surface area contributed by atoms with E-state index in [9.17, 15) is 22.0 Å². The summed E-state index contributed by atoms with van der Waals surface area (Å²) < 4.78 is 73.9. The summed E-state index contributed by atoms with van der Waals surface area (Å²) in [4.78, 5) is 0. The molecule has 2 aliphatic rings. The molecule has 22 heavy (non-hydrogen) atoms. The van der Waals surface area contributed by atoms with Gasteiger partial charge < -0.3 is 4.43 Å². The summed E-state index contributed by atoms with van der Waals surface area (Å²) in [5.41, 5.74) is 0. The molecule has 0 amide bonds. The van der Waals surface area contributed by atoms with E-state index in [-0.39, 0.29) is 6.10 Å². The van der Waals surface area contributed by atoms with E-state index in [2.05, 4.69) is 0 Å². The molecule has 0 N–H and O–H groups in total. The lowest BCUT2D eigenvalue weighted by atomic mass is 9.98. The molecule has 122 valence electrons. The van der Waals surface area contributed by atoms with Gasteiger partial charge in [0.05, 0.1) is 0 Å². The molecule has 3 unspecified atom stereocenters. The number of hydrogen-bond acceptors (Lipinski definition) is 1. The minimum atomic E-state index is -3.25. The van der Waals surface area contributed by atoms with E-state index in [0.717, 1.165) is 25.7 Å². The molecule has 0 spiro atoms. The Morgan fingerprint density at radius 2 is 1.36 bits per heavy atom. The van der Waals surface area contributed by atoms with E-state index >= 15 is 0 Å². The van der Waals surface area contributed by atoms with Gasteiger partial charge in [0.2, 0.25) is 14.1 Å². The lowest BCUT2D eigenvalue weighted by Crippen LogP contribution is -2.52. The van der Waals surface area contributed by atoms with E-state index in [0.29, 0.717) is 11.8 Å². The standard InChI is InChI=1S/C15H17F5OSi/c1-22(2,21-9-6-7-3-4-8(9)5-7)15-13(19)11(17)10(16)12(18)14(15)20/h7-9H,3-6H2,1-2H3. The highest BCUT2D eigenvalue weighted by atomic mass is 28.4. The zero-order valence-electron chi connectivity index (χ0n) is 12.4. The monoisotopic (exact) mass is 336 g/mol. The van der Waals surface area contributed by atoms with Gasteiger partial charge >= 0.3 is 0 Å². The van der Waals surface area contributed by atoms with Gasteiger partial charge in [-0.1, -0.05) is 0 Å². The fourth-order valence-corrected chi connectivity index (χ4v) is 6.34. The van der Waals surface area contributed by atoms with Crippen LogP contribution in [0.4, 0.5) is 22.0 Å². The molecule has 2 fully saturated rings. The number of benzene rings is 1. The summed E-state index contributed by atoms with van der Waals surface area (Å²) in [7, 11) is -3.25. The van der Waals surface area contributed by atoms with Crippen LogP contribution in [-0.4, -0.2) is 14.4 Å². The SMILES string of the molecule is C[Si](C)(OC1CC2CCC1C2)c1c(F)c(F)c(F)c(F)c1F. The zero-order valence-corrected chi connectivity index (χ0v) is 13.4. The minimum absolute atomic E-state index is 0.129. The van der Waals surface area contributed by atoms with Crippen LogP contribution in [0.15, 0.2) is 0 Å². The second-order valence-electron chi connectivity index (χ2n) is 6.79. The van der Waals surface area contributed by atoms with Crippen LogP contribution in [0.25, 0.3) is 0 Å². The number of fused-ring (bicyclic) bond motifs is 2. The maximum atomic E-state index is 14.0. The summed E-state index contributed by atoms with van der Waals surface area (Å²) in [6.07, 6.45) is 3.87. The lowest BCUT2D eigenvalue weighted by Gasteiger charge is -2.32. The smallest absolute Gasteiger partial charge is 0.225 e. The predicted molar refractivity (Wildman–Crippen MR) is 73.7 cm³/mol. The molecule has 0 heterocycles. The molecular formula is C15H17F5OSi. The van der Waals surface area contributed by atoms with E-state index in [1.807, 2.05) is 0 Å². The van der Waals surface area contributed by atoms with Crippen molar-refractivity contribution in [2.75, 3.05) is 0 Å². The van der Waals surface area contributed by atoms with Crippen molar-refractivity contribution in [2.24, 2.45) is 11.8 Å². The van der Waals surface area contributed by atoms with E-state index in [1.54, 1.807) is 0 Å². The third-order valence-electron chi connectivity index (χ3n) is 4.93. The molecule has 1 aromatic carbocycles. The molecule has 2 aliphatic carbocycles. The van der Waals surface area contributed by atoms with Gasteiger partial charge in [0.25, 0.3) is 0 Å². The minimum Gasteiger partial charge on any atom is -0.410 e. The van der Waals surface area contributed by atoms with Gasteiger partial charge in [-0.05, 0) is 50.6 Å². The van der Waals surface area contributed by atoms with Crippen molar-refractivity contribution < 1.29 is 26.4 Å². The molecule has 1 nitrogen and oxygen atoms in total. The Labute approximate surface area is 126 Å². The summed E-state index contributed by atoms with van der Waals surface area (Å²) >= 11 is 0. The fourth-order valence-electron chi connectivity index (χ4n) is 3.90. The number of hydrogen-bond donors (Lipinski definition) is 0. The van der Waals surface area contributed by atoms with Crippen LogP contribution in [0.1, 0.15) is 25.7 Å². The molecule has 7 heteroatoms. The van der Waals surface area contributed by atoms with Crippen LogP contribution in [-0.2, 0) is 4.43 Å². The maximum absolute atomic E-state index is 14.0. The second kappa shape index (κ2) is 5.30. The van der Waals surface area contributed by atoms with Gasteiger partial charge in [0.15, 0.2) is 23.3 Å². The fraction of sp³-hybridized carbons (Fsp3) is 0.600. The van der Waals surface area contributed by atoms with Gasteiger partial charge in [0.1, 0.15) is 0 Å². The third kappa shape index (κ3) is 2.38. The molecule has 2 saturated carbocycles. The summed E-state index contributed by atoms with van der Waals surface area (Å²) in [6, 6.07) is 0. The van der Waals surface area contributed by atoms with Crippen molar-refractivity contribution in [2.45, 2.75) is 44.9 Å². The van der Waals surface area contributed by atoms with Crippen LogP contribution in [0.5, 0.6) is 0 Å². The van der Waals surface area contributed by atoms with Crippen LogP contribution >= 0.6 is 0 Å². The molecule has 3 atom stereocenters. The van der Waals surface area contributed by atoms with Gasteiger partial charge in [-0.25, -0.2) is 22.0 Å². The van der Waals surface area contributed by atoms with E-state index < -0.39 is 42.6 Å². The van der Waals surface area contributed by atoms with Crippen molar-refractivity contribution in [1.82, 2.24) is 0 Å². The predicted octanol–water partition coefficient (Wildman–Crippen LogP) is 4.00. The second-order valence-corrected chi connectivity index (χ2v) is 10.5. The highest BCUT2D eigenvalue weighted by Gasteiger charge is 2.45. The Hall–Kier alpha value is -0.953. The normalized spacial score (nSPS) is 27.7. The zero-order chi connectivity index (χ0) is 16.2. The highest BCUT2D eigenvalue weighted by Crippen LogP contribution is 2.46. The van der Waals surface area contributed by atoms with Crippen LogP contribution in [0.3, 0.4) is 0 Å². The van der Waals surface area contributed by atoms with Crippen LogP contribution < -0.4 is 5.19 Å². The molecule has 0 aromatic heterocycles. The summed E-state index contributed by atoms with van der Waals surface area (Å²) in [5, 5.41) is -0.758. The molecular weight excluding hydrogens is 319 g/mol. The molecule has 0 radical (unpaired) electrons. The van der Waals surface area contributed by atoms with Crippen LogP contribution in [0.2, 0.25) is 13.1 Å². The highest BCUT2D eigenvalue weighted by molar-refractivity contribution is 6.84. The lowest BCUT2D eigenvalue weighted by molar-refractivity contribution is 0.133. The summed E-state index contributed by atoms with van der Waals surface area (Å²) in [6.45, 7) is 2.97. The molecule has 2 bridgehead atoms. The number of halogens is 5. The third-order valence-corrected chi connectivity index (χ3v) is 7.47. The van der Waals surface area contributed by atoms with Crippen molar-refractivity contribution in [1.29, 1.82) is 0 Å². The first kappa shape index (κ1) is 15.9. The van der Waals surface area contributed by atoms with Gasteiger partial charge in [-0.15, -0.1) is 0 Å². The van der Waals surface area contributed by atoms with Gasteiger partial charge in [-0.3, -0.25) is 0 Å². The Kier molecular flexibility index (Phi) is 3.84. The van der Waals surface area contributed by atoms with E-state index in [1.165, 1.54) is 13.1 Å². The molecule has 0 aliphatic heterocycles. The van der Waals surface area contributed by atoms with Crippen molar-refractivity contribution in [3.8, 4) is 0 Å². The Morgan fingerprint density at radius 1 is 0.818 bits per heavy atom. The first-order valence-electron chi connectivity index (χ1n) is 7.42. The first-order valence-corrected chi connectivity index (χ1v) is 10.3. The van der Waals surface area contributed by atoms with Crippen LogP contribution in [0, 0.1) is 40.9 Å². The van der Waals surface area contributed by atoms with Crippen molar-refractivity contribution in [3.05, 3.63) is 29.1 Å². The molecule has 3 rings (SSSR count). The quantitative estimate of drug-likeness (QED) is 0.351. The number of rotatable bonds is 3. The van der Waals surface area contributed by atoms with Gasteiger partial charge in [0, 0.05) is 11.3 Å². The topological polar surface area (TPSA) is 9.23 Å². The van der Waals surface area contributed by atoms with Crippen molar-refractivity contribution in [3.63, 3.8) is 0 Å². The maximum Gasteiger partial charge on any atom is 0.225 e. The molecule has 1 aromatic rings. The van der Waals surface area contributed by atoms with E-state index in [4.69, 9.17) is 4.43 Å². The largest absolute Gasteiger partial charge is 0.410 e. The molecule has 0 saturated heterocycles. The average Bonchev–Trinajstić information content (AvgIpc) is 3.04. The Bertz CT molecular complexity index is 589. The van der Waals surface area contributed by atoms with Crippen molar-refractivity contribution >= 4 is 13.5 Å². The average molecular weight is 336 g/mol. The first-order chi connectivity index (χ1) is 10.2. The summed E-state index contributed by atoms with van der Waals surface area (Å²) in [5.74, 6) is -8.51. The Balaban J connectivity index is 1.95.